The number of hydrogen-bond acceptors (Lipinski definition) is 6. The third-order valence-corrected chi connectivity index (χ3v) is 8.59. The van der Waals surface area contributed by atoms with Gasteiger partial charge >= 0.3 is 0 Å². The van der Waals surface area contributed by atoms with Crippen LogP contribution < -0.4 is 19.1 Å². The van der Waals surface area contributed by atoms with Crippen molar-refractivity contribution in [3.8, 4) is 11.5 Å². The van der Waals surface area contributed by atoms with Gasteiger partial charge in [-0.2, -0.15) is 0 Å². The summed E-state index contributed by atoms with van der Waals surface area (Å²) < 4.78 is 53.8. The average Bonchev–Trinajstić information content (AvgIpc) is 2.97. The topological polar surface area (TPSA) is 105 Å². The van der Waals surface area contributed by atoms with Gasteiger partial charge in [0.2, 0.25) is 11.8 Å². The van der Waals surface area contributed by atoms with E-state index in [2.05, 4.69) is 5.32 Å². The van der Waals surface area contributed by atoms with E-state index in [9.17, 15) is 22.4 Å². The van der Waals surface area contributed by atoms with E-state index in [0.717, 1.165) is 16.4 Å². The van der Waals surface area contributed by atoms with E-state index in [4.69, 9.17) is 21.1 Å². The highest BCUT2D eigenvalue weighted by molar-refractivity contribution is 7.92. The van der Waals surface area contributed by atoms with Gasteiger partial charge in [-0.1, -0.05) is 37.6 Å². The number of hydrogen-bond donors (Lipinski definition) is 1. The van der Waals surface area contributed by atoms with Crippen LogP contribution in [0.15, 0.2) is 71.6 Å². The van der Waals surface area contributed by atoms with Crippen LogP contribution in [-0.2, 0) is 26.2 Å². The number of sulfonamides is 1. The van der Waals surface area contributed by atoms with Crippen LogP contribution in [0.3, 0.4) is 0 Å². The molecule has 9 nitrogen and oxygen atoms in total. The third-order valence-electron chi connectivity index (χ3n) is 6.59. The van der Waals surface area contributed by atoms with Gasteiger partial charge in [-0.3, -0.25) is 13.9 Å². The first kappa shape index (κ1) is 31.1. The first-order chi connectivity index (χ1) is 20.0. The lowest BCUT2D eigenvalue weighted by atomic mass is 10.1. The zero-order valence-corrected chi connectivity index (χ0v) is 25.1. The van der Waals surface area contributed by atoms with Crippen LogP contribution in [0.4, 0.5) is 10.1 Å². The summed E-state index contributed by atoms with van der Waals surface area (Å²) in [6.45, 7) is 5.80. The molecule has 0 saturated carbocycles. The molecule has 1 atom stereocenters. The Morgan fingerprint density at radius 2 is 1.67 bits per heavy atom. The number of benzene rings is 3. The van der Waals surface area contributed by atoms with Gasteiger partial charge in [-0.05, 0) is 66.9 Å². The number of ether oxygens (including phenoxy) is 2. The van der Waals surface area contributed by atoms with Gasteiger partial charge in [0.15, 0.2) is 11.5 Å². The lowest BCUT2D eigenvalue weighted by Crippen LogP contribution is -2.51. The molecule has 3 aromatic rings. The lowest BCUT2D eigenvalue weighted by molar-refractivity contribution is -0.139. The molecule has 1 N–H and O–H groups in total. The Morgan fingerprint density at radius 1 is 0.976 bits per heavy atom. The summed E-state index contributed by atoms with van der Waals surface area (Å²) in [5.41, 5.74) is 0.724. The molecule has 1 heterocycles. The molecule has 0 unspecified atom stereocenters. The highest BCUT2D eigenvalue weighted by Crippen LogP contribution is 2.34. The van der Waals surface area contributed by atoms with Crippen molar-refractivity contribution in [1.29, 1.82) is 0 Å². The second-order valence-electron chi connectivity index (χ2n) is 10.3. The van der Waals surface area contributed by atoms with Crippen LogP contribution in [0.2, 0.25) is 5.02 Å². The number of halogens is 2. The molecule has 0 aliphatic carbocycles. The quantitative estimate of drug-likeness (QED) is 0.336. The van der Waals surface area contributed by atoms with E-state index >= 15 is 0 Å². The fraction of sp³-hybridized carbons (Fsp3) is 0.333. The molecule has 0 spiro atoms. The van der Waals surface area contributed by atoms with Crippen molar-refractivity contribution in [2.45, 2.75) is 38.3 Å². The zero-order valence-electron chi connectivity index (χ0n) is 23.5. The Labute approximate surface area is 250 Å². The second-order valence-corrected chi connectivity index (χ2v) is 12.6. The van der Waals surface area contributed by atoms with E-state index in [-0.39, 0.29) is 41.3 Å². The monoisotopic (exact) mass is 617 g/mol. The van der Waals surface area contributed by atoms with Gasteiger partial charge in [0, 0.05) is 24.2 Å². The lowest BCUT2D eigenvalue weighted by Gasteiger charge is -2.32. The van der Waals surface area contributed by atoms with Crippen LogP contribution in [0.25, 0.3) is 0 Å². The Morgan fingerprint density at radius 3 is 2.33 bits per heavy atom. The highest BCUT2D eigenvalue weighted by atomic mass is 35.5. The van der Waals surface area contributed by atoms with Gasteiger partial charge in [-0.25, -0.2) is 12.8 Å². The second kappa shape index (κ2) is 13.4. The summed E-state index contributed by atoms with van der Waals surface area (Å²) in [6, 6.07) is 14.8. The fourth-order valence-electron chi connectivity index (χ4n) is 4.31. The SMILES string of the molecule is CC(C)CNC(=O)[C@H](C)N(Cc1cccc(Cl)c1)C(=O)CN(c1ccc(F)cc1)S(=O)(=O)c1ccc2c(c1)OCCO2. The van der Waals surface area contributed by atoms with Crippen molar-refractivity contribution >= 4 is 39.1 Å². The smallest absolute Gasteiger partial charge is 0.264 e. The summed E-state index contributed by atoms with van der Waals surface area (Å²) in [5, 5.41) is 3.28. The number of nitrogens with one attached hydrogen (secondary N) is 1. The molecule has 1 aliphatic heterocycles. The molecule has 0 aromatic heterocycles. The van der Waals surface area contributed by atoms with Crippen molar-refractivity contribution in [3.63, 3.8) is 0 Å². The molecule has 0 fully saturated rings. The third kappa shape index (κ3) is 7.51. The summed E-state index contributed by atoms with van der Waals surface area (Å²) >= 11 is 6.17. The van der Waals surface area contributed by atoms with Crippen LogP contribution in [-0.4, -0.2) is 57.5 Å². The minimum absolute atomic E-state index is 0.00299. The van der Waals surface area contributed by atoms with E-state index < -0.39 is 34.3 Å². The first-order valence-electron chi connectivity index (χ1n) is 13.5. The van der Waals surface area contributed by atoms with Crippen molar-refractivity contribution in [1.82, 2.24) is 10.2 Å². The molecule has 224 valence electrons. The number of amides is 2. The largest absolute Gasteiger partial charge is 0.486 e. The Bertz CT molecular complexity index is 1530. The number of nitrogens with zero attached hydrogens (tertiary/aromatic N) is 2. The maximum absolute atomic E-state index is 14.0. The highest BCUT2D eigenvalue weighted by Gasteiger charge is 2.33. The average molecular weight is 618 g/mol. The fourth-order valence-corrected chi connectivity index (χ4v) is 5.96. The first-order valence-corrected chi connectivity index (χ1v) is 15.3. The number of anilines is 1. The van der Waals surface area contributed by atoms with Crippen molar-refractivity contribution in [2.75, 3.05) is 30.6 Å². The number of rotatable bonds is 11. The van der Waals surface area contributed by atoms with Crippen molar-refractivity contribution < 1.29 is 31.9 Å². The summed E-state index contributed by atoms with van der Waals surface area (Å²) in [7, 11) is -4.37. The molecular formula is C30H33ClFN3O6S. The van der Waals surface area contributed by atoms with E-state index in [1.165, 1.54) is 35.2 Å². The van der Waals surface area contributed by atoms with Crippen LogP contribution >= 0.6 is 11.6 Å². The summed E-state index contributed by atoms with van der Waals surface area (Å²) in [5.74, 6) is -0.762. The van der Waals surface area contributed by atoms with Crippen molar-refractivity contribution in [2.24, 2.45) is 5.92 Å². The molecule has 12 heteroatoms. The molecule has 0 bridgehead atoms. The molecule has 42 heavy (non-hydrogen) atoms. The van der Waals surface area contributed by atoms with Gasteiger partial charge in [0.05, 0.1) is 10.6 Å². The summed E-state index contributed by atoms with van der Waals surface area (Å²) in [6.07, 6.45) is 0. The minimum Gasteiger partial charge on any atom is -0.486 e. The molecule has 0 saturated heterocycles. The summed E-state index contributed by atoms with van der Waals surface area (Å²) in [4.78, 5) is 28.2. The Kier molecular flexibility index (Phi) is 9.95. The molecular weight excluding hydrogens is 585 g/mol. The van der Waals surface area contributed by atoms with Gasteiger partial charge in [0.25, 0.3) is 10.0 Å². The van der Waals surface area contributed by atoms with Crippen molar-refractivity contribution in [3.05, 3.63) is 83.1 Å². The maximum atomic E-state index is 14.0. The van der Waals surface area contributed by atoms with Gasteiger partial charge in [0.1, 0.15) is 31.6 Å². The van der Waals surface area contributed by atoms with Crippen LogP contribution in [0.5, 0.6) is 11.5 Å². The molecule has 4 rings (SSSR count). The standard InChI is InChI=1S/C30H33ClFN3O6S/c1-20(2)17-33-30(37)21(3)34(18-22-5-4-6-23(31)15-22)29(36)19-35(25-9-7-24(32)8-10-25)42(38,39)26-11-12-27-28(16-26)41-14-13-40-27/h4-12,15-16,20-21H,13-14,17-19H2,1-3H3,(H,33,37)/t21-/m0/s1. The molecule has 3 aromatic carbocycles. The van der Waals surface area contributed by atoms with E-state index in [0.29, 0.717) is 29.5 Å². The van der Waals surface area contributed by atoms with Gasteiger partial charge in [-0.15, -0.1) is 0 Å². The Hall–Kier alpha value is -3.83. The normalized spacial score (nSPS) is 13.4. The number of carbonyl (C=O) groups is 2. The number of carbonyl (C=O) groups excluding carboxylic acids is 2. The van der Waals surface area contributed by atoms with Gasteiger partial charge < -0.3 is 19.7 Å². The van der Waals surface area contributed by atoms with Crippen LogP contribution in [0, 0.1) is 11.7 Å². The maximum Gasteiger partial charge on any atom is 0.264 e. The minimum atomic E-state index is -4.37. The predicted molar refractivity (Wildman–Crippen MR) is 158 cm³/mol. The van der Waals surface area contributed by atoms with E-state index in [1.807, 2.05) is 13.8 Å². The van der Waals surface area contributed by atoms with E-state index in [1.54, 1.807) is 31.2 Å². The predicted octanol–water partition coefficient (Wildman–Crippen LogP) is 4.64. The van der Waals surface area contributed by atoms with Crippen LogP contribution in [0.1, 0.15) is 26.3 Å². The molecule has 0 radical (unpaired) electrons. The Balaban J connectivity index is 1.71. The molecule has 1 aliphatic rings. The zero-order chi connectivity index (χ0) is 30.4. The molecule has 2 amide bonds. The number of fused-ring (bicyclic) bond motifs is 1.